The minimum atomic E-state index is -4.01. The summed E-state index contributed by atoms with van der Waals surface area (Å²) in [6, 6.07) is 7.32. The Morgan fingerprint density at radius 3 is 2.50 bits per heavy atom. The Labute approximate surface area is 151 Å². The Hall–Kier alpha value is -1.48. The summed E-state index contributed by atoms with van der Waals surface area (Å²) in [6.45, 7) is 2.74. The van der Waals surface area contributed by atoms with Crippen molar-refractivity contribution in [3.63, 3.8) is 0 Å². The number of hydrogen-bond donors (Lipinski definition) is 3. The van der Waals surface area contributed by atoms with E-state index in [1.165, 1.54) is 14.0 Å². The van der Waals surface area contributed by atoms with Crippen LogP contribution in [-0.4, -0.2) is 60.4 Å². The number of nitrogens with one attached hydrogen (secondary N) is 1. The number of benzene rings is 1. The summed E-state index contributed by atoms with van der Waals surface area (Å²) in [5.74, 6) is -0.381. The van der Waals surface area contributed by atoms with Gasteiger partial charge < -0.3 is 24.2 Å². The highest BCUT2D eigenvalue weighted by molar-refractivity contribution is 7.52. The Bertz CT molecular complexity index is 642. The molecule has 0 amide bonds. The summed E-state index contributed by atoms with van der Waals surface area (Å²) < 4.78 is 33.9. The Morgan fingerprint density at radius 2 is 1.96 bits per heavy atom. The van der Waals surface area contributed by atoms with Crippen LogP contribution in [0.1, 0.15) is 13.8 Å². The first-order valence-electron chi connectivity index (χ1n) is 8.12. The van der Waals surface area contributed by atoms with E-state index in [0.29, 0.717) is 0 Å². The predicted molar refractivity (Wildman–Crippen MR) is 91.6 cm³/mol. The van der Waals surface area contributed by atoms with Gasteiger partial charge in [0.05, 0.1) is 19.8 Å². The zero-order chi connectivity index (χ0) is 19.3. The highest BCUT2D eigenvalue weighted by Crippen LogP contribution is 2.45. The molecular formula is C16H24NO8P. The maximum absolute atomic E-state index is 13.1. The van der Waals surface area contributed by atoms with Gasteiger partial charge in [0.15, 0.2) is 0 Å². The van der Waals surface area contributed by atoms with Crippen LogP contribution >= 0.6 is 7.75 Å². The van der Waals surface area contributed by atoms with Crippen molar-refractivity contribution in [2.75, 3.05) is 13.7 Å². The first-order chi connectivity index (χ1) is 12.3. The molecular weight excluding hydrogens is 365 g/mol. The molecule has 1 aromatic rings. The molecule has 10 heteroatoms. The smallest absolute Gasteiger partial charge is 0.459 e. The van der Waals surface area contributed by atoms with E-state index in [9.17, 15) is 19.6 Å². The summed E-state index contributed by atoms with van der Waals surface area (Å²) in [7, 11) is -2.80. The van der Waals surface area contributed by atoms with E-state index >= 15 is 0 Å². The second-order valence-corrected chi connectivity index (χ2v) is 7.63. The SMILES string of the molecule is COC(=O)[C@H](C)NP(=O)(OC[C@H]1OC(C)[C@H](O)[C@@H]1O)Oc1ccccc1. The van der Waals surface area contributed by atoms with Gasteiger partial charge in [-0.25, -0.2) is 4.57 Å². The van der Waals surface area contributed by atoms with Crippen molar-refractivity contribution in [3.05, 3.63) is 30.3 Å². The fraction of sp³-hybridized carbons (Fsp3) is 0.562. The quantitative estimate of drug-likeness (QED) is 0.438. The molecule has 1 fully saturated rings. The molecule has 1 aliphatic heterocycles. The topological polar surface area (TPSA) is 124 Å². The van der Waals surface area contributed by atoms with E-state index < -0.39 is 44.2 Å². The molecule has 1 saturated heterocycles. The maximum atomic E-state index is 13.1. The molecule has 6 atom stereocenters. The minimum Gasteiger partial charge on any atom is -0.468 e. The van der Waals surface area contributed by atoms with Crippen LogP contribution in [0.15, 0.2) is 30.3 Å². The van der Waals surface area contributed by atoms with Crippen molar-refractivity contribution in [3.8, 4) is 5.75 Å². The molecule has 0 saturated carbocycles. The van der Waals surface area contributed by atoms with Gasteiger partial charge in [-0.3, -0.25) is 9.32 Å². The molecule has 0 aliphatic carbocycles. The third-order valence-electron chi connectivity index (χ3n) is 3.89. The van der Waals surface area contributed by atoms with Crippen LogP contribution in [0.5, 0.6) is 5.75 Å². The normalized spacial score (nSPS) is 29.0. The van der Waals surface area contributed by atoms with Crippen LogP contribution in [0.3, 0.4) is 0 Å². The number of aliphatic hydroxyl groups excluding tert-OH is 2. The van der Waals surface area contributed by atoms with Crippen LogP contribution in [0.2, 0.25) is 0 Å². The molecule has 2 rings (SSSR count). The minimum absolute atomic E-state index is 0.265. The van der Waals surface area contributed by atoms with E-state index in [0.717, 1.165) is 0 Å². The summed E-state index contributed by atoms with van der Waals surface area (Å²) in [6.07, 6.45) is -3.73. The molecule has 9 nitrogen and oxygen atoms in total. The molecule has 1 aromatic carbocycles. The van der Waals surface area contributed by atoms with Gasteiger partial charge in [0, 0.05) is 0 Å². The predicted octanol–water partition coefficient (Wildman–Crippen LogP) is 0.850. The van der Waals surface area contributed by atoms with Gasteiger partial charge in [-0.05, 0) is 26.0 Å². The number of esters is 1. The Balaban J connectivity index is 2.09. The zero-order valence-corrected chi connectivity index (χ0v) is 15.7. The third kappa shape index (κ3) is 5.26. The second kappa shape index (κ2) is 8.94. The van der Waals surface area contributed by atoms with E-state index in [2.05, 4.69) is 9.82 Å². The lowest BCUT2D eigenvalue weighted by Crippen LogP contribution is -2.37. The fourth-order valence-corrected chi connectivity index (χ4v) is 3.92. The summed E-state index contributed by atoms with van der Waals surface area (Å²) in [5, 5.41) is 22.2. The van der Waals surface area contributed by atoms with E-state index in [1.807, 2.05) is 0 Å². The van der Waals surface area contributed by atoms with Crippen molar-refractivity contribution < 1.29 is 38.1 Å². The fourth-order valence-electron chi connectivity index (χ4n) is 2.42. The van der Waals surface area contributed by atoms with Crippen LogP contribution < -0.4 is 9.61 Å². The van der Waals surface area contributed by atoms with Gasteiger partial charge >= 0.3 is 13.7 Å². The number of carbonyl (C=O) groups is 1. The van der Waals surface area contributed by atoms with E-state index in [-0.39, 0.29) is 12.4 Å². The molecule has 26 heavy (non-hydrogen) atoms. The van der Waals surface area contributed by atoms with Crippen molar-refractivity contribution in [1.82, 2.24) is 5.09 Å². The zero-order valence-electron chi connectivity index (χ0n) is 14.8. The Kier molecular flexibility index (Phi) is 7.16. The van der Waals surface area contributed by atoms with Crippen LogP contribution in [0.4, 0.5) is 0 Å². The van der Waals surface area contributed by atoms with Crippen LogP contribution in [0.25, 0.3) is 0 Å². The lowest BCUT2D eigenvalue weighted by atomic mass is 10.1. The summed E-state index contributed by atoms with van der Waals surface area (Å²) >= 11 is 0. The number of hydrogen-bond acceptors (Lipinski definition) is 8. The van der Waals surface area contributed by atoms with Crippen molar-refractivity contribution in [2.24, 2.45) is 0 Å². The van der Waals surface area contributed by atoms with E-state index in [1.54, 1.807) is 37.3 Å². The first kappa shape index (κ1) is 20.8. The number of rotatable bonds is 8. The number of carbonyl (C=O) groups excluding carboxylic acids is 1. The van der Waals surface area contributed by atoms with Gasteiger partial charge in [0.2, 0.25) is 0 Å². The molecule has 1 aliphatic rings. The number of methoxy groups -OCH3 is 1. The highest BCUT2D eigenvalue weighted by Gasteiger charge is 2.42. The molecule has 146 valence electrons. The molecule has 3 N–H and O–H groups in total. The van der Waals surface area contributed by atoms with Gasteiger partial charge in [0.1, 0.15) is 30.1 Å². The largest absolute Gasteiger partial charge is 0.468 e. The lowest BCUT2D eigenvalue weighted by molar-refractivity contribution is -0.142. The molecule has 0 bridgehead atoms. The number of aliphatic hydroxyl groups is 2. The molecule has 0 radical (unpaired) electrons. The summed E-state index contributed by atoms with van der Waals surface area (Å²) in [5.41, 5.74) is 0. The average molecular weight is 389 g/mol. The van der Waals surface area contributed by atoms with Crippen molar-refractivity contribution >= 4 is 13.7 Å². The van der Waals surface area contributed by atoms with Gasteiger partial charge in [-0.15, -0.1) is 0 Å². The molecule has 2 unspecified atom stereocenters. The van der Waals surface area contributed by atoms with Crippen LogP contribution in [0, 0.1) is 0 Å². The van der Waals surface area contributed by atoms with Gasteiger partial charge in [-0.1, -0.05) is 18.2 Å². The standard InChI is InChI=1S/C16H24NO8P/c1-10(16(20)22-3)17-26(21,25-12-7-5-4-6-8-12)23-9-13-15(19)14(18)11(2)24-13/h4-8,10-11,13-15,18-19H,9H2,1-3H3,(H,17,21)/t10-,11?,13+,14-,15+,26?/m0/s1. The van der Waals surface area contributed by atoms with Crippen LogP contribution in [-0.2, 0) is 23.4 Å². The lowest BCUT2D eigenvalue weighted by Gasteiger charge is -2.24. The monoisotopic (exact) mass is 389 g/mol. The third-order valence-corrected chi connectivity index (χ3v) is 5.53. The van der Waals surface area contributed by atoms with Crippen molar-refractivity contribution in [2.45, 2.75) is 44.3 Å². The number of para-hydroxylation sites is 1. The molecule has 0 spiro atoms. The average Bonchev–Trinajstić information content (AvgIpc) is 2.87. The van der Waals surface area contributed by atoms with Crippen molar-refractivity contribution in [1.29, 1.82) is 0 Å². The highest BCUT2D eigenvalue weighted by atomic mass is 31.2. The summed E-state index contributed by atoms with van der Waals surface area (Å²) in [4.78, 5) is 11.6. The van der Waals surface area contributed by atoms with Gasteiger partial charge in [0.25, 0.3) is 0 Å². The molecule has 0 aromatic heterocycles. The second-order valence-electron chi connectivity index (χ2n) is 5.93. The van der Waals surface area contributed by atoms with E-state index in [4.69, 9.17) is 13.8 Å². The number of ether oxygens (including phenoxy) is 2. The first-order valence-corrected chi connectivity index (χ1v) is 9.66. The maximum Gasteiger partial charge on any atom is 0.459 e. The van der Waals surface area contributed by atoms with Gasteiger partial charge in [-0.2, -0.15) is 5.09 Å². The molecule has 1 heterocycles. The Morgan fingerprint density at radius 1 is 1.31 bits per heavy atom.